The molecule has 6 heteroatoms. The van der Waals surface area contributed by atoms with Gasteiger partial charge in [-0.05, 0) is 30.0 Å². The Morgan fingerprint density at radius 2 is 1.68 bits per heavy atom. The van der Waals surface area contributed by atoms with Crippen LogP contribution in [0.5, 0.6) is 5.75 Å². The van der Waals surface area contributed by atoms with Gasteiger partial charge < -0.3 is 4.74 Å². The third-order valence-corrected chi connectivity index (χ3v) is 2.52. The SMILES string of the molecule is COc1cc(C[C](C)C)ccc1C(F)(F)C(F)(F)F. The van der Waals surface area contributed by atoms with E-state index in [0.717, 1.165) is 19.1 Å². The smallest absolute Gasteiger partial charge is 0.458 e. The zero-order valence-electron chi connectivity index (χ0n) is 10.7. The summed E-state index contributed by atoms with van der Waals surface area (Å²) in [5.41, 5.74) is -0.543. The van der Waals surface area contributed by atoms with E-state index in [1.807, 2.05) is 13.8 Å². The fraction of sp³-hybridized carbons (Fsp3) is 0.462. The average Bonchev–Trinajstić information content (AvgIpc) is 2.26. The van der Waals surface area contributed by atoms with E-state index in [0.29, 0.717) is 12.0 Å². The van der Waals surface area contributed by atoms with Gasteiger partial charge in [0.1, 0.15) is 5.75 Å². The standard InChI is InChI=1S/C13H14F5O/c1-8(2)6-9-4-5-10(11(7-9)19-3)12(14,15)13(16,17)18/h4-5,7H,6H2,1-3H3. The van der Waals surface area contributed by atoms with E-state index in [1.165, 1.54) is 12.1 Å². The van der Waals surface area contributed by atoms with E-state index in [1.54, 1.807) is 0 Å². The number of benzene rings is 1. The topological polar surface area (TPSA) is 9.23 Å². The van der Waals surface area contributed by atoms with Gasteiger partial charge in [0.25, 0.3) is 0 Å². The van der Waals surface area contributed by atoms with Gasteiger partial charge in [0.15, 0.2) is 0 Å². The Kier molecular flexibility index (Phi) is 4.43. The van der Waals surface area contributed by atoms with E-state index in [2.05, 4.69) is 4.74 Å². The van der Waals surface area contributed by atoms with Gasteiger partial charge in [0.2, 0.25) is 0 Å². The summed E-state index contributed by atoms with van der Waals surface area (Å²) in [6.45, 7) is 3.68. The highest BCUT2D eigenvalue weighted by Crippen LogP contribution is 2.47. The molecule has 0 saturated heterocycles. The first-order chi connectivity index (χ1) is 8.59. The molecular formula is C13H14F5O. The number of rotatable bonds is 4. The van der Waals surface area contributed by atoms with E-state index in [-0.39, 0.29) is 0 Å². The van der Waals surface area contributed by atoms with Crippen LogP contribution in [0, 0.1) is 5.92 Å². The fourth-order valence-electron chi connectivity index (χ4n) is 1.67. The van der Waals surface area contributed by atoms with Gasteiger partial charge in [0, 0.05) is 0 Å². The van der Waals surface area contributed by atoms with Crippen molar-refractivity contribution in [1.29, 1.82) is 0 Å². The lowest BCUT2D eigenvalue weighted by molar-refractivity contribution is -0.289. The predicted octanol–water partition coefficient (Wildman–Crippen LogP) is 4.51. The number of halogens is 5. The molecule has 0 unspecified atom stereocenters. The minimum Gasteiger partial charge on any atom is -0.496 e. The summed E-state index contributed by atoms with van der Waals surface area (Å²) < 4.78 is 68.3. The van der Waals surface area contributed by atoms with E-state index in [9.17, 15) is 22.0 Å². The summed E-state index contributed by atoms with van der Waals surface area (Å²) in [5, 5.41) is 0. The van der Waals surface area contributed by atoms with Crippen molar-refractivity contribution >= 4 is 0 Å². The Morgan fingerprint density at radius 3 is 2.11 bits per heavy atom. The van der Waals surface area contributed by atoms with Crippen LogP contribution in [0.2, 0.25) is 0 Å². The number of hydrogen-bond donors (Lipinski definition) is 0. The van der Waals surface area contributed by atoms with Crippen LogP contribution in [-0.2, 0) is 12.3 Å². The van der Waals surface area contributed by atoms with Crippen molar-refractivity contribution < 1.29 is 26.7 Å². The number of hydrogen-bond acceptors (Lipinski definition) is 1. The van der Waals surface area contributed by atoms with Crippen LogP contribution in [-0.4, -0.2) is 13.3 Å². The zero-order chi connectivity index (χ0) is 14.8. The molecule has 19 heavy (non-hydrogen) atoms. The maximum atomic E-state index is 13.3. The summed E-state index contributed by atoms with van der Waals surface area (Å²) in [6, 6.07) is 3.23. The molecule has 0 N–H and O–H groups in total. The van der Waals surface area contributed by atoms with Crippen molar-refractivity contribution in [2.45, 2.75) is 32.4 Å². The minimum absolute atomic E-state index is 0.457. The predicted molar refractivity (Wildman–Crippen MR) is 61.2 cm³/mol. The van der Waals surface area contributed by atoms with Crippen LogP contribution in [0.25, 0.3) is 0 Å². The molecule has 1 rings (SSSR count). The molecule has 0 heterocycles. The second-order valence-corrected chi connectivity index (χ2v) is 4.49. The van der Waals surface area contributed by atoms with Gasteiger partial charge in [-0.15, -0.1) is 0 Å². The van der Waals surface area contributed by atoms with Crippen molar-refractivity contribution in [2.24, 2.45) is 0 Å². The monoisotopic (exact) mass is 281 g/mol. The molecule has 1 nitrogen and oxygen atoms in total. The lowest BCUT2D eigenvalue weighted by Gasteiger charge is -2.22. The third-order valence-electron chi connectivity index (χ3n) is 2.52. The lowest BCUT2D eigenvalue weighted by atomic mass is 9.98. The highest BCUT2D eigenvalue weighted by Gasteiger charge is 2.60. The summed E-state index contributed by atoms with van der Waals surface area (Å²) in [5.74, 6) is -4.37. The van der Waals surface area contributed by atoms with Crippen LogP contribution in [0.4, 0.5) is 22.0 Å². The molecule has 0 atom stereocenters. The second kappa shape index (κ2) is 5.35. The van der Waals surface area contributed by atoms with E-state index in [4.69, 9.17) is 0 Å². The lowest BCUT2D eigenvalue weighted by Crippen LogP contribution is -2.34. The number of alkyl halides is 5. The molecule has 0 fully saturated rings. The van der Waals surface area contributed by atoms with Crippen molar-refractivity contribution in [3.63, 3.8) is 0 Å². The summed E-state index contributed by atoms with van der Waals surface area (Å²) >= 11 is 0. The molecule has 0 saturated carbocycles. The van der Waals surface area contributed by atoms with Crippen LogP contribution in [0.3, 0.4) is 0 Å². The normalized spacial score (nSPS) is 12.9. The molecule has 107 valence electrons. The van der Waals surface area contributed by atoms with Gasteiger partial charge in [-0.3, -0.25) is 0 Å². The Morgan fingerprint density at radius 1 is 1.11 bits per heavy atom. The summed E-state index contributed by atoms with van der Waals surface area (Å²) in [4.78, 5) is 0. The molecule has 0 amide bonds. The van der Waals surface area contributed by atoms with Gasteiger partial charge >= 0.3 is 12.1 Å². The zero-order valence-corrected chi connectivity index (χ0v) is 10.7. The molecule has 0 spiro atoms. The quantitative estimate of drug-likeness (QED) is 0.738. The average molecular weight is 281 g/mol. The molecular weight excluding hydrogens is 267 g/mol. The number of ether oxygens (including phenoxy) is 1. The number of methoxy groups -OCH3 is 1. The van der Waals surface area contributed by atoms with E-state index >= 15 is 0 Å². The maximum absolute atomic E-state index is 13.3. The van der Waals surface area contributed by atoms with Gasteiger partial charge in [-0.25, -0.2) is 0 Å². The first-order valence-electron chi connectivity index (χ1n) is 5.50. The van der Waals surface area contributed by atoms with Crippen LogP contribution in [0.15, 0.2) is 18.2 Å². The van der Waals surface area contributed by atoms with Crippen LogP contribution >= 0.6 is 0 Å². The molecule has 0 aliphatic heterocycles. The molecule has 1 aromatic rings. The highest BCUT2D eigenvalue weighted by molar-refractivity contribution is 5.41. The van der Waals surface area contributed by atoms with Crippen molar-refractivity contribution in [3.8, 4) is 5.75 Å². The molecule has 1 radical (unpaired) electrons. The van der Waals surface area contributed by atoms with Crippen molar-refractivity contribution in [2.75, 3.05) is 7.11 Å². The Hall–Kier alpha value is -1.33. The van der Waals surface area contributed by atoms with Crippen molar-refractivity contribution in [3.05, 3.63) is 35.2 Å². The van der Waals surface area contributed by atoms with Gasteiger partial charge in [-0.1, -0.05) is 19.9 Å². The van der Waals surface area contributed by atoms with Crippen LogP contribution < -0.4 is 4.74 Å². The first-order valence-corrected chi connectivity index (χ1v) is 5.50. The second-order valence-electron chi connectivity index (χ2n) is 4.49. The first kappa shape index (κ1) is 15.7. The largest absolute Gasteiger partial charge is 0.496 e. The Bertz CT molecular complexity index is 437. The minimum atomic E-state index is -5.64. The molecule has 0 aliphatic carbocycles. The summed E-state index contributed by atoms with van der Waals surface area (Å²) in [7, 11) is 1.07. The maximum Gasteiger partial charge on any atom is 0.458 e. The third kappa shape index (κ3) is 3.36. The Balaban J connectivity index is 3.23. The molecule has 1 aromatic carbocycles. The highest BCUT2D eigenvalue weighted by atomic mass is 19.4. The summed E-state index contributed by atoms with van der Waals surface area (Å²) in [6.07, 6.45) is -5.15. The fourth-order valence-corrected chi connectivity index (χ4v) is 1.67. The Labute approximate surface area is 108 Å². The van der Waals surface area contributed by atoms with E-state index < -0.39 is 23.4 Å². The van der Waals surface area contributed by atoms with Crippen LogP contribution in [0.1, 0.15) is 25.0 Å². The van der Waals surface area contributed by atoms with Crippen molar-refractivity contribution in [1.82, 2.24) is 0 Å². The van der Waals surface area contributed by atoms with Gasteiger partial charge in [-0.2, -0.15) is 22.0 Å². The molecule has 0 aromatic heterocycles. The molecule has 0 aliphatic rings. The molecule has 0 bridgehead atoms. The van der Waals surface area contributed by atoms with Gasteiger partial charge in [0.05, 0.1) is 12.7 Å².